The molecule has 8 heteroatoms. The Balaban J connectivity index is 1.50. The molecule has 1 atom stereocenters. The molecule has 2 aromatic heterocycles. The third-order valence-electron chi connectivity index (χ3n) is 7.80. The van der Waals surface area contributed by atoms with Crippen molar-refractivity contribution in [3.63, 3.8) is 0 Å². The number of hydrogen-bond donors (Lipinski definition) is 1. The molecule has 1 N–H and O–H groups in total. The van der Waals surface area contributed by atoms with Gasteiger partial charge in [0.15, 0.2) is 5.82 Å². The van der Waals surface area contributed by atoms with Crippen LogP contribution in [0.15, 0.2) is 29.1 Å². The number of H-pyrrole nitrogens is 1. The van der Waals surface area contributed by atoms with Gasteiger partial charge in [0.25, 0.3) is 5.56 Å². The number of nitrogens with zero attached hydrogens (tertiary/aromatic N) is 5. The van der Waals surface area contributed by atoms with Crippen LogP contribution in [0.5, 0.6) is 5.75 Å². The number of hydrogen-bond acceptors (Lipinski definition) is 6. The summed E-state index contributed by atoms with van der Waals surface area (Å²) in [6, 6.07) is 8.69. The molecule has 2 aliphatic rings. The van der Waals surface area contributed by atoms with Crippen LogP contribution >= 0.6 is 0 Å². The van der Waals surface area contributed by atoms with E-state index in [2.05, 4.69) is 37.0 Å². The predicted octanol–water partition coefficient (Wildman–Crippen LogP) is 4.92. The van der Waals surface area contributed by atoms with Crippen molar-refractivity contribution in [1.29, 1.82) is 0 Å². The van der Waals surface area contributed by atoms with E-state index >= 15 is 0 Å². The Morgan fingerprint density at radius 3 is 2.62 bits per heavy atom. The maximum absolute atomic E-state index is 13.1. The number of methoxy groups -OCH3 is 1. The Morgan fingerprint density at radius 1 is 1.12 bits per heavy atom. The molecule has 0 radical (unpaired) electrons. The molecule has 0 saturated heterocycles. The standard InChI is InChI=1S/C26H36N6O2/c1-3-24(25-28-29-30-32(25)21-11-5-4-6-12-21)31(20-9-7-8-10-20)17-19-15-18-16-22(34-2)13-14-23(18)27-26(19)33/h13-16,20-21,24H,3-12,17H2,1-2H3,(H,27,33)/t24-/m1/s1. The van der Waals surface area contributed by atoms with Gasteiger partial charge in [0.1, 0.15) is 5.75 Å². The van der Waals surface area contributed by atoms with Gasteiger partial charge in [-0.2, -0.15) is 0 Å². The van der Waals surface area contributed by atoms with E-state index in [0.29, 0.717) is 18.6 Å². The van der Waals surface area contributed by atoms with E-state index in [9.17, 15) is 4.79 Å². The fourth-order valence-electron chi connectivity index (χ4n) is 5.97. The number of tetrazole rings is 1. The number of ether oxygens (including phenoxy) is 1. The van der Waals surface area contributed by atoms with E-state index in [1.54, 1.807) is 7.11 Å². The summed E-state index contributed by atoms with van der Waals surface area (Å²) >= 11 is 0. The molecule has 0 amide bonds. The van der Waals surface area contributed by atoms with Gasteiger partial charge in [-0.25, -0.2) is 4.68 Å². The van der Waals surface area contributed by atoms with Crippen molar-refractivity contribution in [2.75, 3.05) is 7.11 Å². The molecule has 0 spiro atoms. The van der Waals surface area contributed by atoms with Crippen LogP contribution in [0.4, 0.5) is 0 Å². The lowest BCUT2D eigenvalue weighted by molar-refractivity contribution is 0.109. The topological polar surface area (TPSA) is 88.9 Å². The first-order valence-corrected chi connectivity index (χ1v) is 12.9. The summed E-state index contributed by atoms with van der Waals surface area (Å²) in [5.41, 5.74) is 1.58. The highest BCUT2D eigenvalue weighted by molar-refractivity contribution is 5.80. The van der Waals surface area contributed by atoms with Gasteiger partial charge >= 0.3 is 0 Å². The van der Waals surface area contributed by atoms with Crippen molar-refractivity contribution in [2.45, 2.75) is 95.8 Å². The van der Waals surface area contributed by atoms with Crippen LogP contribution in [-0.2, 0) is 6.54 Å². The molecular weight excluding hydrogens is 428 g/mol. The molecule has 0 unspecified atom stereocenters. The van der Waals surface area contributed by atoms with Crippen LogP contribution in [0.3, 0.4) is 0 Å². The number of aromatic amines is 1. The fourth-order valence-corrected chi connectivity index (χ4v) is 5.97. The Hall–Kier alpha value is -2.74. The molecule has 2 heterocycles. The van der Waals surface area contributed by atoms with E-state index in [1.807, 2.05) is 24.3 Å². The van der Waals surface area contributed by atoms with Crippen molar-refractivity contribution in [3.05, 3.63) is 46.0 Å². The summed E-state index contributed by atoms with van der Waals surface area (Å²) in [6.45, 7) is 2.80. The summed E-state index contributed by atoms with van der Waals surface area (Å²) in [4.78, 5) is 18.7. The molecule has 1 aromatic carbocycles. The SMILES string of the molecule is CC[C@H](c1nnnn1C1CCCCC1)N(Cc1cc2cc(OC)ccc2[nH]c1=O)C1CCCC1. The summed E-state index contributed by atoms with van der Waals surface area (Å²) in [5, 5.41) is 14.1. The smallest absolute Gasteiger partial charge is 0.252 e. The second-order valence-electron chi connectivity index (χ2n) is 9.89. The van der Waals surface area contributed by atoms with Crippen LogP contribution in [0.25, 0.3) is 10.9 Å². The van der Waals surface area contributed by atoms with E-state index in [1.165, 1.54) is 32.1 Å². The number of benzene rings is 1. The average molecular weight is 465 g/mol. The summed E-state index contributed by atoms with van der Waals surface area (Å²) in [7, 11) is 1.66. The zero-order chi connectivity index (χ0) is 23.5. The summed E-state index contributed by atoms with van der Waals surface area (Å²) < 4.78 is 7.50. The van der Waals surface area contributed by atoms with E-state index in [-0.39, 0.29) is 11.6 Å². The molecule has 34 heavy (non-hydrogen) atoms. The minimum atomic E-state index is -0.0256. The van der Waals surface area contributed by atoms with Gasteiger partial charge in [0, 0.05) is 29.1 Å². The van der Waals surface area contributed by atoms with Crippen molar-refractivity contribution in [2.24, 2.45) is 0 Å². The van der Waals surface area contributed by atoms with Crippen molar-refractivity contribution >= 4 is 10.9 Å². The van der Waals surface area contributed by atoms with Gasteiger partial charge in [0.2, 0.25) is 0 Å². The van der Waals surface area contributed by atoms with Crippen LogP contribution in [-0.4, -0.2) is 43.2 Å². The second-order valence-corrected chi connectivity index (χ2v) is 9.89. The van der Waals surface area contributed by atoms with E-state index < -0.39 is 0 Å². The number of rotatable bonds is 8. The first-order valence-electron chi connectivity index (χ1n) is 12.9. The Bertz CT molecular complexity index is 1160. The largest absolute Gasteiger partial charge is 0.497 e. The monoisotopic (exact) mass is 464 g/mol. The minimum Gasteiger partial charge on any atom is -0.497 e. The quantitative estimate of drug-likeness (QED) is 0.509. The Labute approximate surface area is 200 Å². The predicted molar refractivity (Wildman–Crippen MR) is 132 cm³/mol. The maximum atomic E-state index is 13.1. The third-order valence-corrected chi connectivity index (χ3v) is 7.80. The summed E-state index contributed by atoms with van der Waals surface area (Å²) in [5.74, 6) is 1.75. The number of aromatic nitrogens is 5. The lowest BCUT2D eigenvalue weighted by Crippen LogP contribution is -2.39. The lowest BCUT2D eigenvalue weighted by Gasteiger charge is -2.36. The van der Waals surface area contributed by atoms with Gasteiger partial charge < -0.3 is 9.72 Å². The van der Waals surface area contributed by atoms with Crippen molar-refractivity contribution in [1.82, 2.24) is 30.1 Å². The van der Waals surface area contributed by atoms with Crippen LogP contribution in [0, 0.1) is 0 Å². The van der Waals surface area contributed by atoms with Crippen LogP contribution in [0.1, 0.15) is 94.6 Å². The number of pyridine rings is 1. The molecule has 8 nitrogen and oxygen atoms in total. The maximum Gasteiger partial charge on any atom is 0.252 e. The first-order chi connectivity index (χ1) is 16.7. The molecule has 2 saturated carbocycles. The highest BCUT2D eigenvalue weighted by atomic mass is 16.5. The first kappa shape index (κ1) is 23.0. The zero-order valence-electron chi connectivity index (χ0n) is 20.4. The molecular formula is C26H36N6O2. The lowest BCUT2D eigenvalue weighted by atomic mass is 9.95. The average Bonchev–Trinajstić information content (AvgIpc) is 3.57. The van der Waals surface area contributed by atoms with E-state index in [0.717, 1.165) is 60.1 Å². The van der Waals surface area contributed by atoms with Crippen molar-refractivity contribution < 1.29 is 4.74 Å². The normalized spacial score (nSPS) is 18.7. The zero-order valence-corrected chi connectivity index (χ0v) is 20.4. The molecule has 182 valence electrons. The molecule has 0 bridgehead atoms. The van der Waals surface area contributed by atoms with Crippen molar-refractivity contribution in [3.8, 4) is 5.75 Å². The third kappa shape index (κ3) is 4.60. The molecule has 3 aromatic rings. The molecule has 5 rings (SSSR count). The van der Waals surface area contributed by atoms with Gasteiger partial charge in [0.05, 0.1) is 19.2 Å². The highest BCUT2D eigenvalue weighted by Gasteiger charge is 2.34. The molecule has 2 fully saturated rings. The molecule has 2 aliphatic carbocycles. The highest BCUT2D eigenvalue weighted by Crippen LogP contribution is 2.36. The number of nitrogens with one attached hydrogen (secondary N) is 1. The summed E-state index contributed by atoms with van der Waals surface area (Å²) in [6.07, 6.45) is 11.7. The fraction of sp³-hybridized carbons (Fsp3) is 0.615. The number of fused-ring (bicyclic) bond motifs is 1. The minimum absolute atomic E-state index is 0.0256. The van der Waals surface area contributed by atoms with Crippen LogP contribution in [0.2, 0.25) is 0 Å². The van der Waals surface area contributed by atoms with Gasteiger partial charge in [-0.15, -0.1) is 5.10 Å². The van der Waals surface area contributed by atoms with Gasteiger partial charge in [-0.05, 0) is 66.8 Å². The van der Waals surface area contributed by atoms with Crippen LogP contribution < -0.4 is 10.3 Å². The van der Waals surface area contributed by atoms with Gasteiger partial charge in [-0.1, -0.05) is 39.0 Å². The second kappa shape index (κ2) is 10.3. The Kier molecular flexibility index (Phi) is 6.94. The molecule has 0 aliphatic heterocycles. The van der Waals surface area contributed by atoms with Gasteiger partial charge in [-0.3, -0.25) is 9.69 Å². The van der Waals surface area contributed by atoms with E-state index in [4.69, 9.17) is 4.74 Å². The Morgan fingerprint density at radius 2 is 1.88 bits per heavy atom.